The first-order valence-corrected chi connectivity index (χ1v) is 9.29. The van der Waals surface area contributed by atoms with Crippen molar-refractivity contribution < 1.29 is 14.3 Å². The van der Waals surface area contributed by atoms with E-state index in [0.717, 1.165) is 25.7 Å². The average molecular weight is 372 g/mol. The fourth-order valence-corrected chi connectivity index (χ4v) is 6.54. The van der Waals surface area contributed by atoms with Crippen LogP contribution in [0.25, 0.3) is 0 Å². The zero-order valence-electron chi connectivity index (χ0n) is 13.5. The van der Waals surface area contributed by atoms with Gasteiger partial charge < -0.3 is 10.1 Å². The van der Waals surface area contributed by atoms with Gasteiger partial charge in [-0.05, 0) is 63.7 Å². The lowest BCUT2D eigenvalue weighted by Gasteiger charge is -2.58. The number of ether oxygens (including phenoxy) is 1. The maximum Gasteiger partial charge on any atom is 0.312 e. The molecule has 0 heterocycles. The fraction of sp³-hybridized carbons (Fsp3) is 0.882. The minimum atomic E-state index is -0.343. The van der Waals surface area contributed by atoms with Crippen LogP contribution in [0.4, 0.5) is 0 Å². The van der Waals surface area contributed by atoms with Crippen LogP contribution in [0, 0.1) is 17.3 Å². The van der Waals surface area contributed by atoms with Gasteiger partial charge in [-0.2, -0.15) is 0 Å². The summed E-state index contributed by atoms with van der Waals surface area (Å²) >= 11 is 3.90. The van der Waals surface area contributed by atoms with Crippen molar-refractivity contribution in [1.82, 2.24) is 5.32 Å². The number of carbonyl (C=O) groups is 2. The third-order valence-corrected chi connectivity index (χ3v) is 6.70. The maximum absolute atomic E-state index is 12.7. The Balaban J connectivity index is 1.59. The Labute approximate surface area is 140 Å². The molecule has 2 unspecified atom stereocenters. The third-order valence-electron chi connectivity index (χ3n) is 5.78. The number of amides is 1. The Hall–Kier alpha value is -0.580. The Morgan fingerprint density at radius 2 is 1.91 bits per heavy atom. The van der Waals surface area contributed by atoms with Gasteiger partial charge in [0.05, 0.1) is 5.41 Å². The summed E-state index contributed by atoms with van der Waals surface area (Å²) in [6, 6.07) is 0.122. The molecule has 0 aromatic carbocycles. The summed E-state index contributed by atoms with van der Waals surface area (Å²) in [7, 11) is 0. The Morgan fingerprint density at radius 1 is 1.27 bits per heavy atom. The Morgan fingerprint density at radius 3 is 2.45 bits per heavy atom. The number of nitrogens with one attached hydrogen (secondary N) is 1. The van der Waals surface area contributed by atoms with Gasteiger partial charge >= 0.3 is 5.97 Å². The molecule has 1 amide bonds. The summed E-state index contributed by atoms with van der Waals surface area (Å²) in [4.78, 5) is 24.5. The minimum Gasteiger partial charge on any atom is -0.455 e. The first-order chi connectivity index (χ1) is 10.3. The van der Waals surface area contributed by atoms with E-state index in [2.05, 4.69) is 21.2 Å². The third kappa shape index (κ3) is 3.06. The van der Waals surface area contributed by atoms with E-state index in [1.807, 2.05) is 13.8 Å². The molecular weight excluding hydrogens is 346 g/mol. The molecule has 0 aliphatic heterocycles. The molecule has 0 spiro atoms. The molecule has 0 radical (unpaired) electrons. The van der Waals surface area contributed by atoms with Gasteiger partial charge in [0.15, 0.2) is 6.61 Å². The lowest BCUT2D eigenvalue weighted by atomic mass is 9.49. The Bertz CT molecular complexity index is 465. The molecule has 4 aliphatic carbocycles. The molecule has 4 bridgehead atoms. The first-order valence-electron chi connectivity index (χ1n) is 8.50. The summed E-state index contributed by atoms with van der Waals surface area (Å²) < 4.78 is 5.54. The summed E-state index contributed by atoms with van der Waals surface area (Å²) in [6.45, 7) is 3.82. The van der Waals surface area contributed by atoms with Crippen LogP contribution >= 0.6 is 15.9 Å². The number of alkyl halides is 1. The smallest absolute Gasteiger partial charge is 0.312 e. The van der Waals surface area contributed by atoms with Crippen molar-refractivity contribution >= 4 is 27.8 Å². The van der Waals surface area contributed by atoms with E-state index < -0.39 is 0 Å². The van der Waals surface area contributed by atoms with Crippen molar-refractivity contribution in [1.29, 1.82) is 0 Å². The highest BCUT2D eigenvalue weighted by Gasteiger charge is 2.60. The molecule has 0 aromatic rings. The van der Waals surface area contributed by atoms with Gasteiger partial charge in [0, 0.05) is 10.4 Å². The highest BCUT2D eigenvalue weighted by molar-refractivity contribution is 9.10. The van der Waals surface area contributed by atoms with E-state index in [0.29, 0.717) is 11.8 Å². The predicted octanol–water partition coefficient (Wildman–Crippen LogP) is 3.18. The molecule has 4 saturated carbocycles. The maximum atomic E-state index is 12.7. The monoisotopic (exact) mass is 371 g/mol. The molecule has 0 saturated heterocycles. The van der Waals surface area contributed by atoms with Crippen LogP contribution in [-0.2, 0) is 14.3 Å². The molecule has 1 N–H and O–H groups in total. The average Bonchev–Trinajstić information content (AvgIpc) is 2.41. The van der Waals surface area contributed by atoms with Crippen molar-refractivity contribution in [2.45, 2.75) is 69.2 Å². The van der Waals surface area contributed by atoms with Gasteiger partial charge in [-0.3, -0.25) is 9.59 Å². The number of halogens is 1. The Kier molecular flexibility index (Phi) is 4.30. The van der Waals surface area contributed by atoms with E-state index in [4.69, 9.17) is 4.74 Å². The number of hydrogen-bond donors (Lipinski definition) is 1. The molecule has 5 atom stereocenters. The van der Waals surface area contributed by atoms with E-state index in [1.165, 1.54) is 19.3 Å². The van der Waals surface area contributed by atoms with Gasteiger partial charge in [0.1, 0.15) is 0 Å². The molecule has 4 fully saturated rings. The number of rotatable bonds is 5. The molecule has 4 aliphatic rings. The van der Waals surface area contributed by atoms with Crippen LogP contribution in [0.15, 0.2) is 0 Å². The quantitative estimate of drug-likeness (QED) is 0.596. The van der Waals surface area contributed by atoms with Crippen LogP contribution in [0.3, 0.4) is 0 Å². The van der Waals surface area contributed by atoms with Crippen LogP contribution in [0.5, 0.6) is 0 Å². The SMILES string of the molecule is CC[C@H](C)NC(=O)COC(=O)C12C[C@@H]3C[C@@H](CC(Br)(C3)C1)C2. The van der Waals surface area contributed by atoms with E-state index in [-0.39, 0.29) is 34.3 Å². The van der Waals surface area contributed by atoms with Crippen LogP contribution < -0.4 is 5.32 Å². The van der Waals surface area contributed by atoms with Gasteiger partial charge in [0.25, 0.3) is 5.91 Å². The largest absolute Gasteiger partial charge is 0.455 e. The van der Waals surface area contributed by atoms with E-state index >= 15 is 0 Å². The minimum absolute atomic E-state index is 0.122. The summed E-state index contributed by atoms with van der Waals surface area (Å²) in [5.74, 6) is 0.940. The van der Waals surface area contributed by atoms with Gasteiger partial charge in [-0.1, -0.05) is 22.9 Å². The fourth-order valence-electron chi connectivity index (χ4n) is 5.09. The molecule has 4 rings (SSSR count). The number of hydrogen-bond acceptors (Lipinski definition) is 3. The van der Waals surface area contributed by atoms with Crippen molar-refractivity contribution in [3.8, 4) is 0 Å². The number of esters is 1. The van der Waals surface area contributed by atoms with Gasteiger partial charge in [0.2, 0.25) is 0 Å². The van der Waals surface area contributed by atoms with Crippen molar-refractivity contribution in [2.24, 2.45) is 17.3 Å². The second kappa shape index (κ2) is 5.81. The molecular formula is C17H26BrNO3. The molecule has 5 heteroatoms. The summed E-state index contributed by atoms with van der Waals surface area (Å²) in [5.41, 5.74) is -0.343. The molecule has 0 aromatic heterocycles. The summed E-state index contributed by atoms with van der Waals surface area (Å²) in [6.07, 6.45) is 7.28. The molecule has 4 nitrogen and oxygen atoms in total. The predicted molar refractivity (Wildman–Crippen MR) is 87.6 cm³/mol. The normalized spacial score (nSPS) is 40.3. The number of carbonyl (C=O) groups excluding carboxylic acids is 2. The van der Waals surface area contributed by atoms with E-state index in [9.17, 15) is 9.59 Å². The standard InChI is InChI=1S/C17H26BrNO3/c1-3-11(2)19-14(20)9-22-15(21)16-5-12-4-13(6-16)8-17(18,7-12)10-16/h11-13H,3-10H2,1-2H3,(H,19,20)/t11-,12-,13+,16?,17?/m0/s1. The molecule has 124 valence electrons. The van der Waals surface area contributed by atoms with Crippen LogP contribution in [0.1, 0.15) is 58.8 Å². The topological polar surface area (TPSA) is 55.4 Å². The molecule has 22 heavy (non-hydrogen) atoms. The van der Waals surface area contributed by atoms with Crippen LogP contribution in [-0.4, -0.2) is 28.8 Å². The van der Waals surface area contributed by atoms with Crippen LogP contribution in [0.2, 0.25) is 0 Å². The lowest BCUT2D eigenvalue weighted by Crippen LogP contribution is -2.56. The zero-order chi connectivity index (χ0) is 16.0. The zero-order valence-corrected chi connectivity index (χ0v) is 15.1. The van der Waals surface area contributed by atoms with Crippen molar-refractivity contribution in [3.63, 3.8) is 0 Å². The van der Waals surface area contributed by atoms with Gasteiger partial charge in [-0.25, -0.2) is 0 Å². The summed E-state index contributed by atoms with van der Waals surface area (Å²) in [5, 5.41) is 2.84. The second-order valence-corrected chi connectivity index (χ2v) is 9.53. The lowest BCUT2D eigenvalue weighted by molar-refractivity contribution is -0.171. The first kappa shape index (κ1) is 16.3. The van der Waals surface area contributed by atoms with Crippen molar-refractivity contribution in [2.75, 3.05) is 6.61 Å². The van der Waals surface area contributed by atoms with E-state index in [1.54, 1.807) is 0 Å². The van der Waals surface area contributed by atoms with Crippen molar-refractivity contribution in [3.05, 3.63) is 0 Å². The highest BCUT2D eigenvalue weighted by atomic mass is 79.9. The van der Waals surface area contributed by atoms with Gasteiger partial charge in [-0.15, -0.1) is 0 Å². The highest BCUT2D eigenvalue weighted by Crippen LogP contribution is 2.64. The second-order valence-electron chi connectivity index (χ2n) is 7.85.